The van der Waals surface area contributed by atoms with Gasteiger partial charge in [0, 0.05) is 19.2 Å². The summed E-state index contributed by atoms with van der Waals surface area (Å²) in [7, 11) is 2.06. The first-order chi connectivity index (χ1) is 18.2. The molecule has 0 aromatic heterocycles. The number of rotatable bonds is 15. The minimum absolute atomic E-state index is 0.135. The van der Waals surface area contributed by atoms with Crippen LogP contribution in [0, 0.1) is 10.1 Å². The van der Waals surface area contributed by atoms with Crippen LogP contribution in [0.4, 0.5) is 11.4 Å². The highest BCUT2D eigenvalue weighted by molar-refractivity contribution is 7.89. The van der Waals surface area contributed by atoms with Crippen molar-refractivity contribution < 1.29 is 13.3 Å². The highest BCUT2D eigenvalue weighted by Gasteiger charge is 2.23. The third kappa shape index (κ3) is 8.91. The summed E-state index contributed by atoms with van der Waals surface area (Å²) >= 11 is 0. The maximum Gasteiger partial charge on any atom is 0.293 e. The molecule has 0 saturated carbocycles. The molecule has 1 unspecified atom stereocenters. The minimum atomic E-state index is -3.91. The van der Waals surface area contributed by atoms with Crippen LogP contribution < -0.4 is 10.0 Å². The number of sulfonamides is 1. The lowest BCUT2D eigenvalue weighted by atomic mass is 9.98. The van der Waals surface area contributed by atoms with Crippen LogP contribution in [0.1, 0.15) is 23.6 Å². The maximum absolute atomic E-state index is 12.9. The van der Waals surface area contributed by atoms with Crippen molar-refractivity contribution in [2.75, 3.05) is 52.6 Å². The molecule has 3 aromatic rings. The summed E-state index contributed by atoms with van der Waals surface area (Å²) in [6.07, 6.45) is 1.58. The Balaban J connectivity index is 1.74. The van der Waals surface area contributed by atoms with Crippen molar-refractivity contribution in [1.82, 2.24) is 14.5 Å². The van der Waals surface area contributed by atoms with Crippen molar-refractivity contribution in [2.24, 2.45) is 0 Å². The molecule has 38 heavy (non-hydrogen) atoms. The van der Waals surface area contributed by atoms with Crippen LogP contribution in [0.3, 0.4) is 0 Å². The van der Waals surface area contributed by atoms with Crippen LogP contribution in [-0.4, -0.2) is 70.5 Å². The molecule has 0 aliphatic rings. The Morgan fingerprint density at radius 3 is 2.18 bits per heavy atom. The lowest BCUT2D eigenvalue weighted by molar-refractivity contribution is -0.384. The maximum atomic E-state index is 12.9. The van der Waals surface area contributed by atoms with Gasteiger partial charge in [-0.3, -0.25) is 10.1 Å². The van der Waals surface area contributed by atoms with E-state index in [0.717, 1.165) is 36.7 Å². The number of likely N-dealkylation sites (N-methyl/N-ethyl adjacent to an activating group) is 1. The molecule has 9 nitrogen and oxygen atoms in total. The second-order valence-electron chi connectivity index (χ2n) is 9.59. The van der Waals surface area contributed by atoms with E-state index in [-0.39, 0.29) is 28.9 Å². The molecule has 2 N–H and O–H groups in total. The molecule has 3 rings (SSSR count). The fourth-order valence-electron chi connectivity index (χ4n) is 4.15. The molecule has 0 fully saturated rings. The standard InChI is InChI=1S/C28H37N5O4S/c1-31(2)18-10-19-32(3)20-17-29-38(36,37)25-15-16-26(28(22-25)33(34)35)30-27(24-13-8-5-9-14-24)21-23-11-6-4-7-12-23/h4-9,11-16,22,27,29-30H,10,17-21H2,1-3H3. The number of hydrogen-bond donors (Lipinski definition) is 2. The summed E-state index contributed by atoms with van der Waals surface area (Å²) in [5.41, 5.74) is 2.02. The average Bonchev–Trinajstić information content (AvgIpc) is 2.89. The topological polar surface area (TPSA) is 108 Å². The van der Waals surface area contributed by atoms with E-state index in [4.69, 9.17) is 0 Å². The summed E-state index contributed by atoms with van der Waals surface area (Å²) < 4.78 is 28.4. The van der Waals surface area contributed by atoms with Crippen molar-refractivity contribution in [3.05, 3.63) is 100 Å². The van der Waals surface area contributed by atoms with Crippen LogP contribution in [0.15, 0.2) is 83.8 Å². The van der Waals surface area contributed by atoms with E-state index < -0.39 is 14.9 Å². The molecule has 0 aliphatic carbocycles. The van der Waals surface area contributed by atoms with Crippen molar-refractivity contribution in [3.63, 3.8) is 0 Å². The van der Waals surface area contributed by atoms with Crippen molar-refractivity contribution >= 4 is 21.4 Å². The Hall–Kier alpha value is -3.31. The van der Waals surface area contributed by atoms with E-state index in [1.54, 1.807) is 0 Å². The fraction of sp³-hybridized carbons (Fsp3) is 0.357. The van der Waals surface area contributed by atoms with Gasteiger partial charge in [-0.25, -0.2) is 13.1 Å². The van der Waals surface area contributed by atoms with Crippen LogP contribution in [-0.2, 0) is 16.4 Å². The molecule has 0 bridgehead atoms. The predicted octanol–water partition coefficient (Wildman–Crippen LogP) is 4.15. The summed E-state index contributed by atoms with van der Waals surface area (Å²) in [4.78, 5) is 15.4. The van der Waals surface area contributed by atoms with Gasteiger partial charge in [0.05, 0.1) is 15.9 Å². The molecule has 10 heteroatoms. The molecule has 0 heterocycles. The third-order valence-corrected chi connectivity index (χ3v) is 7.68. The first-order valence-corrected chi connectivity index (χ1v) is 14.1. The van der Waals surface area contributed by atoms with Gasteiger partial charge >= 0.3 is 0 Å². The zero-order valence-corrected chi connectivity index (χ0v) is 23.0. The van der Waals surface area contributed by atoms with Crippen molar-refractivity contribution in [3.8, 4) is 0 Å². The summed E-state index contributed by atoms with van der Waals surface area (Å²) in [6, 6.07) is 23.3. The predicted molar refractivity (Wildman–Crippen MR) is 152 cm³/mol. The highest BCUT2D eigenvalue weighted by Crippen LogP contribution is 2.32. The fourth-order valence-corrected chi connectivity index (χ4v) is 5.19. The first-order valence-electron chi connectivity index (χ1n) is 12.6. The summed E-state index contributed by atoms with van der Waals surface area (Å²) in [6.45, 7) is 2.54. The Bertz CT molecular complexity index is 1270. The molecular weight excluding hydrogens is 502 g/mol. The second kappa shape index (κ2) is 14.0. The Morgan fingerprint density at radius 1 is 0.895 bits per heavy atom. The molecule has 0 amide bonds. The Labute approximate surface area is 225 Å². The van der Waals surface area contributed by atoms with Gasteiger partial charge < -0.3 is 15.1 Å². The molecule has 3 aromatic carbocycles. The van der Waals surface area contributed by atoms with E-state index in [1.807, 2.05) is 81.8 Å². The molecule has 0 radical (unpaired) electrons. The van der Waals surface area contributed by atoms with Crippen LogP contribution in [0.25, 0.3) is 0 Å². The van der Waals surface area contributed by atoms with Gasteiger partial charge in [-0.1, -0.05) is 60.7 Å². The minimum Gasteiger partial charge on any atom is -0.372 e. The smallest absolute Gasteiger partial charge is 0.293 e. The lowest BCUT2D eigenvalue weighted by Gasteiger charge is -2.21. The number of nitro benzene ring substituents is 1. The van der Waals surface area contributed by atoms with Crippen molar-refractivity contribution in [2.45, 2.75) is 23.8 Å². The number of hydrogen-bond acceptors (Lipinski definition) is 7. The number of nitrogens with zero attached hydrogens (tertiary/aromatic N) is 3. The van der Waals surface area contributed by atoms with Gasteiger partial charge in [0.15, 0.2) is 0 Å². The molecule has 0 aliphatic heterocycles. The van der Waals surface area contributed by atoms with Crippen LogP contribution in [0.5, 0.6) is 0 Å². The highest BCUT2D eigenvalue weighted by atomic mass is 32.2. The van der Waals surface area contributed by atoms with E-state index in [0.29, 0.717) is 13.0 Å². The molecule has 1 atom stereocenters. The van der Waals surface area contributed by atoms with E-state index >= 15 is 0 Å². The normalized spacial score (nSPS) is 12.6. The van der Waals surface area contributed by atoms with Crippen molar-refractivity contribution in [1.29, 1.82) is 0 Å². The second-order valence-corrected chi connectivity index (χ2v) is 11.4. The largest absolute Gasteiger partial charge is 0.372 e. The quantitative estimate of drug-likeness (QED) is 0.221. The van der Waals surface area contributed by atoms with Crippen LogP contribution >= 0.6 is 0 Å². The zero-order chi connectivity index (χ0) is 27.5. The van der Waals surface area contributed by atoms with Gasteiger partial charge in [0.25, 0.3) is 5.69 Å². The summed E-state index contributed by atoms with van der Waals surface area (Å²) in [5.74, 6) is 0. The average molecular weight is 540 g/mol. The van der Waals surface area contributed by atoms with Gasteiger partial charge in [-0.15, -0.1) is 0 Å². The molecular formula is C28H37N5O4S. The Kier molecular flexibility index (Phi) is 10.8. The third-order valence-electron chi connectivity index (χ3n) is 6.22. The monoisotopic (exact) mass is 539 g/mol. The number of benzene rings is 3. The Morgan fingerprint density at radius 2 is 1.55 bits per heavy atom. The molecule has 204 valence electrons. The number of anilines is 1. The van der Waals surface area contributed by atoms with Gasteiger partial charge in [-0.05, 0) is 70.3 Å². The lowest BCUT2D eigenvalue weighted by Crippen LogP contribution is -2.34. The van der Waals surface area contributed by atoms with E-state index in [1.165, 1.54) is 12.1 Å². The molecule has 0 spiro atoms. The number of nitrogens with one attached hydrogen (secondary N) is 2. The van der Waals surface area contributed by atoms with Gasteiger partial charge in [0.2, 0.25) is 10.0 Å². The van der Waals surface area contributed by atoms with Gasteiger partial charge in [0.1, 0.15) is 5.69 Å². The summed E-state index contributed by atoms with van der Waals surface area (Å²) in [5, 5.41) is 15.3. The first kappa shape index (κ1) is 29.2. The SMILES string of the molecule is CN(C)CCCN(C)CCNS(=O)(=O)c1ccc(NC(Cc2ccccc2)c2ccccc2)c([N+](=O)[O-])c1. The van der Waals surface area contributed by atoms with E-state index in [2.05, 4.69) is 19.8 Å². The van der Waals surface area contributed by atoms with Crippen LogP contribution in [0.2, 0.25) is 0 Å². The zero-order valence-electron chi connectivity index (χ0n) is 22.2. The van der Waals surface area contributed by atoms with Gasteiger partial charge in [-0.2, -0.15) is 0 Å². The number of nitro groups is 1. The van der Waals surface area contributed by atoms with E-state index in [9.17, 15) is 18.5 Å². The molecule has 0 saturated heterocycles.